The molecule has 0 spiro atoms. The molecule has 2 atom stereocenters. The highest BCUT2D eigenvalue weighted by Gasteiger charge is 2.27. The molecule has 3 rings (SSSR count). The fourth-order valence-electron chi connectivity index (χ4n) is 3.42. The zero-order chi connectivity index (χ0) is 13.8. The van der Waals surface area contributed by atoms with Crippen LogP contribution in [-0.2, 0) is 0 Å². The summed E-state index contributed by atoms with van der Waals surface area (Å²) in [5, 5.41) is 13.7. The van der Waals surface area contributed by atoms with Gasteiger partial charge in [0.2, 0.25) is 0 Å². The molecule has 1 aromatic heterocycles. The van der Waals surface area contributed by atoms with Gasteiger partial charge in [-0.25, -0.2) is 4.98 Å². The van der Waals surface area contributed by atoms with E-state index in [0.29, 0.717) is 12.1 Å². The maximum absolute atomic E-state index is 10.0. The van der Waals surface area contributed by atoms with Crippen molar-refractivity contribution in [2.45, 2.75) is 56.7 Å². The van der Waals surface area contributed by atoms with Gasteiger partial charge >= 0.3 is 0 Å². The number of rotatable bonds is 3. The first kappa shape index (κ1) is 13.8. The van der Waals surface area contributed by atoms with Crippen LogP contribution in [0.1, 0.15) is 38.5 Å². The van der Waals surface area contributed by atoms with E-state index in [0.717, 1.165) is 44.6 Å². The van der Waals surface area contributed by atoms with Crippen molar-refractivity contribution in [2.24, 2.45) is 0 Å². The molecule has 1 saturated carbocycles. The van der Waals surface area contributed by atoms with Crippen molar-refractivity contribution in [3.8, 4) is 0 Å². The summed E-state index contributed by atoms with van der Waals surface area (Å²) in [5.74, 6) is 1.09. The lowest BCUT2D eigenvalue weighted by Crippen LogP contribution is -2.51. The Labute approximate surface area is 121 Å². The molecular formula is C16H25N3O. The molecule has 2 N–H and O–H groups in total. The van der Waals surface area contributed by atoms with Crippen molar-refractivity contribution in [1.82, 2.24) is 10.3 Å². The predicted octanol–water partition coefficient (Wildman–Crippen LogP) is 1.94. The third-order valence-corrected chi connectivity index (χ3v) is 4.65. The van der Waals surface area contributed by atoms with Crippen molar-refractivity contribution in [3.63, 3.8) is 0 Å². The van der Waals surface area contributed by atoms with Crippen LogP contribution in [0.15, 0.2) is 24.4 Å². The van der Waals surface area contributed by atoms with Crippen LogP contribution in [0.3, 0.4) is 0 Å². The van der Waals surface area contributed by atoms with E-state index in [1.54, 1.807) is 0 Å². The number of nitrogens with one attached hydrogen (secondary N) is 1. The lowest BCUT2D eigenvalue weighted by Gasteiger charge is -2.37. The Kier molecular flexibility index (Phi) is 4.53. The van der Waals surface area contributed by atoms with Gasteiger partial charge in [0, 0.05) is 31.4 Å². The molecule has 2 aliphatic rings. The molecule has 2 fully saturated rings. The summed E-state index contributed by atoms with van der Waals surface area (Å²) >= 11 is 0. The van der Waals surface area contributed by atoms with Crippen molar-refractivity contribution in [1.29, 1.82) is 0 Å². The monoisotopic (exact) mass is 275 g/mol. The van der Waals surface area contributed by atoms with Crippen LogP contribution in [0.4, 0.5) is 5.82 Å². The van der Waals surface area contributed by atoms with Crippen LogP contribution in [0.2, 0.25) is 0 Å². The Morgan fingerprint density at radius 3 is 2.60 bits per heavy atom. The summed E-state index contributed by atoms with van der Waals surface area (Å²) in [6.07, 6.45) is 8.51. The molecule has 1 aliphatic heterocycles. The van der Waals surface area contributed by atoms with Gasteiger partial charge in [0.05, 0.1) is 6.10 Å². The number of anilines is 1. The Morgan fingerprint density at radius 1 is 1.10 bits per heavy atom. The van der Waals surface area contributed by atoms with Crippen LogP contribution < -0.4 is 10.2 Å². The second-order valence-corrected chi connectivity index (χ2v) is 6.07. The Balaban J connectivity index is 1.49. The average molecular weight is 275 g/mol. The van der Waals surface area contributed by atoms with E-state index in [1.165, 1.54) is 12.8 Å². The Hall–Kier alpha value is -1.13. The first-order chi connectivity index (χ1) is 9.83. The topological polar surface area (TPSA) is 48.4 Å². The summed E-state index contributed by atoms with van der Waals surface area (Å²) in [5.41, 5.74) is 0. The summed E-state index contributed by atoms with van der Waals surface area (Å²) in [4.78, 5) is 6.78. The number of nitrogens with zero attached hydrogens (tertiary/aromatic N) is 2. The van der Waals surface area contributed by atoms with Crippen molar-refractivity contribution in [3.05, 3.63) is 24.4 Å². The number of hydrogen-bond acceptors (Lipinski definition) is 4. The van der Waals surface area contributed by atoms with Gasteiger partial charge in [-0.1, -0.05) is 18.9 Å². The van der Waals surface area contributed by atoms with Gasteiger partial charge in [0.15, 0.2) is 0 Å². The number of aliphatic hydroxyl groups is 1. The second kappa shape index (κ2) is 6.55. The zero-order valence-corrected chi connectivity index (χ0v) is 12.0. The van der Waals surface area contributed by atoms with Crippen LogP contribution in [0.5, 0.6) is 0 Å². The standard InChI is InChI=1S/C16H25N3O/c20-15-6-2-1-5-14(15)18-13-8-11-19(12-9-13)16-7-3-4-10-17-16/h3-4,7,10,13-15,18,20H,1-2,5-6,8-9,11-12H2/t14-,15-/m1/s1. The van der Waals surface area contributed by atoms with Crippen LogP contribution in [-0.4, -0.2) is 41.4 Å². The van der Waals surface area contributed by atoms with E-state index in [9.17, 15) is 5.11 Å². The number of aliphatic hydroxyl groups excluding tert-OH is 1. The van der Waals surface area contributed by atoms with E-state index in [4.69, 9.17) is 0 Å². The molecular weight excluding hydrogens is 250 g/mol. The third kappa shape index (κ3) is 3.30. The van der Waals surface area contributed by atoms with Gasteiger partial charge in [-0.15, -0.1) is 0 Å². The van der Waals surface area contributed by atoms with Gasteiger partial charge in [-0.3, -0.25) is 0 Å². The Bertz CT molecular complexity index is 403. The highest BCUT2D eigenvalue weighted by molar-refractivity contribution is 5.38. The molecule has 0 radical (unpaired) electrons. The highest BCUT2D eigenvalue weighted by atomic mass is 16.3. The van der Waals surface area contributed by atoms with Gasteiger partial charge in [0.25, 0.3) is 0 Å². The Morgan fingerprint density at radius 2 is 1.90 bits per heavy atom. The molecule has 4 heteroatoms. The highest BCUT2D eigenvalue weighted by Crippen LogP contribution is 2.22. The largest absolute Gasteiger partial charge is 0.392 e. The minimum absolute atomic E-state index is 0.141. The second-order valence-electron chi connectivity index (χ2n) is 6.07. The van der Waals surface area contributed by atoms with Gasteiger partial charge < -0.3 is 15.3 Å². The van der Waals surface area contributed by atoms with Crippen LogP contribution >= 0.6 is 0 Å². The van der Waals surface area contributed by atoms with Gasteiger partial charge in [0.1, 0.15) is 5.82 Å². The van der Waals surface area contributed by atoms with Gasteiger partial charge in [-0.2, -0.15) is 0 Å². The maximum atomic E-state index is 10.0. The number of aromatic nitrogens is 1. The number of pyridine rings is 1. The molecule has 0 bridgehead atoms. The molecule has 2 heterocycles. The summed E-state index contributed by atoms with van der Waals surface area (Å²) in [6.45, 7) is 2.11. The molecule has 20 heavy (non-hydrogen) atoms. The predicted molar refractivity (Wildman–Crippen MR) is 80.9 cm³/mol. The molecule has 1 saturated heterocycles. The quantitative estimate of drug-likeness (QED) is 0.885. The third-order valence-electron chi connectivity index (χ3n) is 4.65. The molecule has 1 aliphatic carbocycles. The summed E-state index contributed by atoms with van der Waals surface area (Å²) in [7, 11) is 0. The lowest BCUT2D eigenvalue weighted by atomic mass is 9.91. The SMILES string of the molecule is O[C@@H]1CCCC[C@H]1NC1CCN(c2ccccn2)CC1. The maximum Gasteiger partial charge on any atom is 0.128 e. The molecule has 1 aromatic rings. The fourth-order valence-corrected chi connectivity index (χ4v) is 3.42. The minimum Gasteiger partial charge on any atom is -0.392 e. The van der Waals surface area contributed by atoms with Crippen molar-refractivity contribution in [2.75, 3.05) is 18.0 Å². The van der Waals surface area contributed by atoms with Gasteiger partial charge in [-0.05, 0) is 37.8 Å². The normalized spacial score (nSPS) is 28.6. The lowest BCUT2D eigenvalue weighted by molar-refractivity contribution is 0.0828. The van der Waals surface area contributed by atoms with Crippen LogP contribution in [0.25, 0.3) is 0 Å². The minimum atomic E-state index is -0.141. The van der Waals surface area contributed by atoms with E-state index in [2.05, 4.69) is 21.3 Å². The number of piperidine rings is 1. The molecule has 0 unspecified atom stereocenters. The summed E-state index contributed by atoms with van der Waals surface area (Å²) < 4.78 is 0. The molecule has 0 aromatic carbocycles. The molecule has 110 valence electrons. The average Bonchev–Trinajstić information content (AvgIpc) is 2.51. The van der Waals surface area contributed by atoms with E-state index >= 15 is 0 Å². The first-order valence-electron chi connectivity index (χ1n) is 7.93. The fraction of sp³-hybridized carbons (Fsp3) is 0.688. The summed E-state index contributed by atoms with van der Waals surface area (Å²) in [6, 6.07) is 6.95. The zero-order valence-electron chi connectivity index (χ0n) is 12.0. The van der Waals surface area contributed by atoms with Crippen molar-refractivity contribution >= 4 is 5.82 Å². The molecule has 4 nitrogen and oxygen atoms in total. The van der Waals surface area contributed by atoms with E-state index in [-0.39, 0.29) is 6.10 Å². The number of hydrogen-bond donors (Lipinski definition) is 2. The first-order valence-corrected chi connectivity index (χ1v) is 7.93. The van der Waals surface area contributed by atoms with Crippen LogP contribution in [0, 0.1) is 0 Å². The van der Waals surface area contributed by atoms with E-state index < -0.39 is 0 Å². The van der Waals surface area contributed by atoms with Crippen molar-refractivity contribution < 1.29 is 5.11 Å². The smallest absolute Gasteiger partial charge is 0.128 e. The van der Waals surface area contributed by atoms with E-state index in [1.807, 2.05) is 18.3 Å². The molecule has 0 amide bonds.